The number of nitrogens with zero attached hydrogens (tertiary/aromatic N) is 1. The van der Waals surface area contributed by atoms with Crippen LogP contribution in [0.15, 0.2) is 53.0 Å². The maximum atomic E-state index is 12.4. The molecule has 4 heteroatoms. The molecule has 104 valence electrons. The summed E-state index contributed by atoms with van der Waals surface area (Å²) >= 11 is 0. The molecular formula is C17H19B2NO. The number of hydrogen-bond acceptors (Lipinski definition) is 1. The fourth-order valence-electron chi connectivity index (χ4n) is 2.63. The molecule has 0 spiro atoms. The molecule has 1 aliphatic rings. The van der Waals surface area contributed by atoms with Gasteiger partial charge in [-0.3, -0.25) is 9.69 Å². The third kappa shape index (κ3) is 3.31. The van der Waals surface area contributed by atoms with Crippen molar-refractivity contribution in [1.29, 1.82) is 0 Å². The summed E-state index contributed by atoms with van der Waals surface area (Å²) in [6.07, 6.45) is 5.35. The highest BCUT2D eigenvalue weighted by atomic mass is 16.2. The van der Waals surface area contributed by atoms with E-state index in [9.17, 15) is 4.79 Å². The van der Waals surface area contributed by atoms with E-state index in [1.54, 1.807) is 4.90 Å². The number of rotatable bonds is 6. The van der Waals surface area contributed by atoms with Crippen molar-refractivity contribution in [2.45, 2.75) is 39.0 Å². The Morgan fingerprint density at radius 2 is 1.86 bits per heavy atom. The molecule has 0 aromatic heterocycles. The van der Waals surface area contributed by atoms with Gasteiger partial charge in [-0.15, -0.1) is 5.98 Å². The van der Waals surface area contributed by atoms with E-state index in [0.29, 0.717) is 5.47 Å². The molecule has 2 nitrogen and oxygen atoms in total. The second-order valence-electron chi connectivity index (χ2n) is 5.23. The molecule has 1 aliphatic heterocycles. The van der Waals surface area contributed by atoms with Crippen LogP contribution in [0.1, 0.15) is 39.0 Å². The van der Waals surface area contributed by atoms with Gasteiger partial charge in [0.05, 0.1) is 0 Å². The second kappa shape index (κ2) is 7.35. The Morgan fingerprint density at radius 1 is 1.14 bits per heavy atom. The van der Waals surface area contributed by atoms with Gasteiger partial charge >= 0.3 is 0 Å². The Labute approximate surface area is 129 Å². The zero-order valence-corrected chi connectivity index (χ0v) is 12.5. The molecular weight excluding hydrogens is 256 g/mol. The number of carbonyl (C=O) groups excluding carboxylic acids is 1. The number of benzene rings is 1. The first-order chi connectivity index (χ1) is 10.2. The Hall–Kier alpha value is -1.70. The Morgan fingerprint density at radius 3 is 2.48 bits per heavy atom. The molecule has 2 rings (SSSR count). The molecule has 0 saturated heterocycles. The normalized spacial score (nSPS) is 17.1. The van der Waals surface area contributed by atoms with Crippen molar-refractivity contribution >= 4 is 27.3 Å². The van der Waals surface area contributed by atoms with E-state index in [-0.39, 0.29) is 5.91 Å². The molecule has 1 aromatic rings. The monoisotopic (exact) mass is 275 g/mol. The Balaban J connectivity index is 2.20. The van der Waals surface area contributed by atoms with Crippen molar-refractivity contribution in [2.75, 3.05) is 4.90 Å². The van der Waals surface area contributed by atoms with E-state index in [0.717, 1.165) is 36.2 Å². The van der Waals surface area contributed by atoms with Crippen molar-refractivity contribution in [3.8, 4) is 0 Å². The van der Waals surface area contributed by atoms with Crippen LogP contribution in [0.25, 0.3) is 0 Å². The van der Waals surface area contributed by atoms with Gasteiger partial charge in [0, 0.05) is 11.4 Å². The molecule has 0 saturated carbocycles. The van der Waals surface area contributed by atoms with Crippen molar-refractivity contribution in [3.05, 3.63) is 53.0 Å². The SMILES string of the molecule is [B]/C=C1/C(CCCCCC)=C([B])C(=O)N1c1ccccc1. The molecule has 0 fully saturated rings. The van der Waals surface area contributed by atoms with E-state index >= 15 is 0 Å². The number of hydrogen-bond donors (Lipinski definition) is 0. The topological polar surface area (TPSA) is 20.3 Å². The number of amides is 1. The van der Waals surface area contributed by atoms with Crippen molar-refractivity contribution in [1.82, 2.24) is 0 Å². The lowest BCUT2D eigenvalue weighted by molar-refractivity contribution is -0.113. The predicted molar refractivity (Wildman–Crippen MR) is 89.3 cm³/mol. The maximum absolute atomic E-state index is 12.4. The summed E-state index contributed by atoms with van der Waals surface area (Å²) in [5.41, 5.74) is 2.72. The number of allylic oxidation sites excluding steroid dienone is 1. The van der Waals surface area contributed by atoms with Crippen LogP contribution in [0, 0.1) is 0 Å². The first kappa shape index (κ1) is 15.7. The highest BCUT2D eigenvalue weighted by Crippen LogP contribution is 2.35. The van der Waals surface area contributed by atoms with Gasteiger partial charge in [-0.25, -0.2) is 0 Å². The molecule has 1 heterocycles. The van der Waals surface area contributed by atoms with Gasteiger partial charge in [-0.2, -0.15) is 0 Å². The zero-order chi connectivity index (χ0) is 15.2. The first-order valence-corrected chi connectivity index (χ1v) is 7.51. The van der Waals surface area contributed by atoms with E-state index in [4.69, 9.17) is 15.7 Å². The maximum Gasteiger partial charge on any atom is 0.248 e. The third-order valence-corrected chi connectivity index (χ3v) is 3.76. The smallest absolute Gasteiger partial charge is 0.248 e. The fourth-order valence-corrected chi connectivity index (χ4v) is 2.63. The molecule has 0 N–H and O–H groups in total. The molecule has 21 heavy (non-hydrogen) atoms. The molecule has 0 aliphatic carbocycles. The Bertz CT molecular complexity index is 563. The number of anilines is 1. The molecule has 0 bridgehead atoms. The van der Waals surface area contributed by atoms with E-state index in [1.165, 1.54) is 18.8 Å². The van der Waals surface area contributed by atoms with Crippen LogP contribution in [-0.2, 0) is 4.79 Å². The van der Waals surface area contributed by atoms with E-state index < -0.39 is 0 Å². The summed E-state index contributed by atoms with van der Waals surface area (Å²) < 4.78 is 0. The Kier molecular flexibility index (Phi) is 5.49. The average Bonchev–Trinajstić information content (AvgIpc) is 2.76. The zero-order valence-electron chi connectivity index (χ0n) is 12.5. The number of unbranched alkanes of at least 4 members (excludes halogenated alkanes) is 3. The minimum absolute atomic E-state index is 0.177. The van der Waals surface area contributed by atoms with Gasteiger partial charge in [0.2, 0.25) is 5.91 Å². The third-order valence-electron chi connectivity index (χ3n) is 3.76. The van der Waals surface area contributed by atoms with Gasteiger partial charge in [0.15, 0.2) is 0 Å². The predicted octanol–water partition coefficient (Wildman–Crippen LogP) is 3.44. The van der Waals surface area contributed by atoms with Crippen LogP contribution in [0.5, 0.6) is 0 Å². The molecule has 0 atom stereocenters. The summed E-state index contributed by atoms with van der Waals surface area (Å²) in [4.78, 5) is 14.0. The fraction of sp³-hybridized carbons (Fsp3) is 0.353. The molecule has 1 amide bonds. The second-order valence-corrected chi connectivity index (χ2v) is 5.23. The van der Waals surface area contributed by atoms with Crippen molar-refractivity contribution in [2.24, 2.45) is 0 Å². The van der Waals surface area contributed by atoms with Gasteiger partial charge in [0.25, 0.3) is 0 Å². The van der Waals surface area contributed by atoms with Crippen molar-refractivity contribution < 1.29 is 4.79 Å². The van der Waals surface area contributed by atoms with Crippen molar-refractivity contribution in [3.63, 3.8) is 0 Å². The lowest BCUT2D eigenvalue weighted by Gasteiger charge is -2.20. The minimum Gasteiger partial charge on any atom is -0.279 e. The quantitative estimate of drug-likeness (QED) is 0.575. The highest BCUT2D eigenvalue weighted by Gasteiger charge is 2.31. The van der Waals surface area contributed by atoms with E-state index in [2.05, 4.69) is 6.92 Å². The summed E-state index contributed by atoms with van der Waals surface area (Å²) in [6.45, 7) is 2.18. The standard InChI is InChI=1S/C17H19B2NO/c1-2-3-4-8-11-14-15(12-18)20(17(21)16(14)19)13-9-6-5-7-10-13/h5-7,9-10,12H,2-4,8,11H2,1H3/b15-12-. The summed E-state index contributed by atoms with van der Waals surface area (Å²) in [5.74, 6) is 1.31. The van der Waals surface area contributed by atoms with Gasteiger partial charge < -0.3 is 0 Å². The number of para-hydroxylation sites is 1. The minimum atomic E-state index is -0.177. The van der Waals surface area contributed by atoms with Crippen LogP contribution < -0.4 is 4.90 Å². The average molecular weight is 275 g/mol. The van der Waals surface area contributed by atoms with E-state index in [1.807, 2.05) is 30.3 Å². The molecule has 1 aromatic carbocycles. The van der Waals surface area contributed by atoms with Crippen LogP contribution in [0.3, 0.4) is 0 Å². The highest BCUT2D eigenvalue weighted by molar-refractivity contribution is 6.42. The van der Waals surface area contributed by atoms with Gasteiger partial charge in [-0.05, 0) is 36.0 Å². The summed E-state index contributed by atoms with van der Waals surface area (Å²) in [7, 11) is 11.8. The largest absolute Gasteiger partial charge is 0.279 e. The molecule has 4 radical (unpaired) electrons. The van der Waals surface area contributed by atoms with Crippen LogP contribution in [0.2, 0.25) is 0 Å². The van der Waals surface area contributed by atoms with Gasteiger partial charge in [0.1, 0.15) is 15.7 Å². The van der Waals surface area contributed by atoms with Gasteiger partial charge in [-0.1, -0.05) is 44.4 Å². The first-order valence-electron chi connectivity index (χ1n) is 7.51. The summed E-state index contributed by atoms with van der Waals surface area (Å²) in [6, 6.07) is 9.47. The van der Waals surface area contributed by atoms with Crippen LogP contribution >= 0.6 is 0 Å². The lowest BCUT2D eigenvalue weighted by atomic mass is 9.87. The molecule has 0 unspecified atom stereocenters. The number of carbonyl (C=O) groups is 1. The van der Waals surface area contributed by atoms with Crippen LogP contribution in [0.4, 0.5) is 5.69 Å². The van der Waals surface area contributed by atoms with Crippen LogP contribution in [-0.4, -0.2) is 21.6 Å². The lowest BCUT2D eigenvalue weighted by Crippen LogP contribution is -2.25. The summed E-state index contributed by atoms with van der Waals surface area (Å²) in [5, 5.41) is 0.